The zero-order chi connectivity index (χ0) is 16.4. The Morgan fingerprint density at radius 3 is 2.78 bits per heavy atom. The second-order valence-corrected chi connectivity index (χ2v) is 6.23. The van der Waals surface area contributed by atoms with E-state index in [0.29, 0.717) is 34.5 Å². The third kappa shape index (κ3) is 3.54. The van der Waals surface area contributed by atoms with Crippen molar-refractivity contribution in [3.05, 3.63) is 47.5 Å². The molecule has 0 saturated heterocycles. The molecule has 5 heteroatoms. The number of halogens is 1. The van der Waals surface area contributed by atoms with Gasteiger partial charge in [-0.05, 0) is 30.2 Å². The predicted octanol–water partition coefficient (Wildman–Crippen LogP) is 5.13. The number of carbonyl (C=O) groups excluding carboxylic acids is 1. The summed E-state index contributed by atoms with van der Waals surface area (Å²) in [5.74, 6) is 0.775. The quantitative estimate of drug-likeness (QED) is 0.722. The highest BCUT2D eigenvalue weighted by Gasteiger charge is 2.12. The van der Waals surface area contributed by atoms with Gasteiger partial charge in [-0.1, -0.05) is 37.6 Å². The summed E-state index contributed by atoms with van der Waals surface area (Å²) in [6.45, 7) is 4.02. The van der Waals surface area contributed by atoms with Gasteiger partial charge in [-0.2, -0.15) is 0 Å². The van der Waals surface area contributed by atoms with Crippen LogP contribution in [0.1, 0.15) is 20.3 Å². The third-order valence-electron chi connectivity index (χ3n) is 3.37. The standard InChI is InChI=1S/C18H17ClN2O2/c1-11(2)9-17(22)20-12-7-8-15-16(10-12)23-18(21-15)13-5-3-4-6-14(13)19/h3-8,10-11H,9H2,1-2H3,(H,20,22). The van der Waals surface area contributed by atoms with Crippen molar-refractivity contribution in [3.8, 4) is 11.5 Å². The average molecular weight is 329 g/mol. The SMILES string of the molecule is CC(C)CC(=O)Nc1ccc2nc(-c3ccccc3Cl)oc2c1. The Morgan fingerprint density at radius 2 is 2.04 bits per heavy atom. The smallest absolute Gasteiger partial charge is 0.228 e. The van der Waals surface area contributed by atoms with Crippen LogP contribution in [0.2, 0.25) is 5.02 Å². The number of amides is 1. The Labute approximate surface area is 139 Å². The highest BCUT2D eigenvalue weighted by molar-refractivity contribution is 6.33. The average Bonchev–Trinajstić information content (AvgIpc) is 2.89. The molecule has 2 aromatic carbocycles. The van der Waals surface area contributed by atoms with Crippen molar-refractivity contribution in [2.75, 3.05) is 5.32 Å². The summed E-state index contributed by atoms with van der Waals surface area (Å²) in [6.07, 6.45) is 0.485. The molecule has 3 rings (SSSR count). The first-order valence-electron chi connectivity index (χ1n) is 7.48. The first-order valence-corrected chi connectivity index (χ1v) is 7.86. The van der Waals surface area contributed by atoms with Crippen molar-refractivity contribution >= 4 is 34.3 Å². The maximum atomic E-state index is 11.9. The van der Waals surface area contributed by atoms with E-state index in [1.807, 2.05) is 44.2 Å². The number of hydrogen-bond acceptors (Lipinski definition) is 3. The number of nitrogens with zero attached hydrogens (tertiary/aromatic N) is 1. The van der Waals surface area contributed by atoms with E-state index in [1.165, 1.54) is 0 Å². The summed E-state index contributed by atoms with van der Waals surface area (Å²) in [5, 5.41) is 3.46. The van der Waals surface area contributed by atoms with Gasteiger partial charge < -0.3 is 9.73 Å². The molecule has 0 spiro atoms. The van der Waals surface area contributed by atoms with Crippen molar-refractivity contribution < 1.29 is 9.21 Å². The van der Waals surface area contributed by atoms with Crippen LogP contribution >= 0.6 is 11.6 Å². The zero-order valence-corrected chi connectivity index (χ0v) is 13.7. The van der Waals surface area contributed by atoms with Crippen LogP contribution in [0.3, 0.4) is 0 Å². The van der Waals surface area contributed by atoms with Crippen LogP contribution in [0.25, 0.3) is 22.6 Å². The Bertz CT molecular complexity index is 855. The minimum atomic E-state index is -0.00908. The molecule has 118 valence electrons. The summed E-state index contributed by atoms with van der Waals surface area (Å²) < 4.78 is 5.79. The molecule has 1 N–H and O–H groups in total. The van der Waals surface area contributed by atoms with Crippen molar-refractivity contribution in [1.29, 1.82) is 0 Å². The minimum absolute atomic E-state index is 0.00908. The first-order chi connectivity index (χ1) is 11.0. The number of anilines is 1. The number of rotatable bonds is 4. The van der Waals surface area contributed by atoms with Gasteiger partial charge in [-0.3, -0.25) is 4.79 Å². The van der Waals surface area contributed by atoms with Gasteiger partial charge in [0.1, 0.15) is 5.52 Å². The molecule has 0 fully saturated rings. The van der Waals surface area contributed by atoms with Crippen LogP contribution < -0.4 is 5.32 Å². The molecule has 1 amide bonds. The Hall–Kier alpha value is -2.33. The molecule has 0 unspecified atom stereocenters. The van der Waals surface area contributed by atoms with Crippen LogP contribution in [0.5, 0.6) is 0 Å². The molecule has 0 bridgehead atoms. The molecular formula is C18H17ClN2O2. The van der Waals surface area contributed by atoms with Crippen molar-refractivity contribution in [3.63, 3.8) is 0 Å². The fraction of sp³-hybridized carbons (Fsp3) is 0.222. The van der Waals surface area contributed by atoms with Gasteiger partial charge in [0.25, 0.3) is 0 Å². The summed E-state index contributed by atoms with van der Waals surface area (Å²) in [4.78, 5) is 16.3. The fourth-order valence-electron chi connectivity index (χ4n) is 2.34. The minimum Gasteiger partial charge on any atom is -0.436 e. The predicted molar refractivity (Wildman–Crippen MR) is 92.5 cm³/mol. The van der Waals surface area contributed by atoms with E-state index in [0.717, 1.165) is 11.1 Å². The number of carbonyl (C=O) groups is 1. The molecule has 0 atom stereocenters. The molecule has 0 aliphatic heterocycles. The summed E-state index contributed by atoms with van der Waals surface area (Å²) in [7, 11) is 0. The third-order valence-corrected chi connectivity index (χ3v) is 3.70. The van der Waals surface area contributed by atoms with E-state index in [-0.39, 0.29) is 5.91 Å². The number of hydrogen-bond donors (Lipinski definition) is 1. The van der Waals surface area contributed by atoms with E-state index in [1.54, 1.807) is 12.1 Å². The second kappa shape index (κ2) is 6.42. The van der Waals surface area contributed by atoms with E-state index in [4.69, 9.17) is 16.0 Å². The Morgan fingerprint density at radius 1 is 1.26 bits per heavy atom. The maximum Gasteiger partial charge on any atom is 0.228 e. The largest absolute Gasteiger partial charge is 0.436 e. The normalized spacial score (nSPS) is 11.1. The molecule has 0 saturated carbocycles. The number of benzene rings is 2. The lowest BCUT2D eigenvalue weighted by Crippen LogP contribution is -2.13. The molecule has 1 heterocycles. The topological polar surface area (TPSA) is 55.1 Å². The lowest BCUT2D eigenvalue weighted by Gasteiger charge is -2.06. The van der Waals surface area contributed by atoms with E-state index < -0.39 is 0 Å². The van der Waals surface area contributed by atoms with Crippen molar-refractivity contribution in [2.45, 2.75) is 20.3 Å². The zero-order valence-electron chi connectivity index (χ0n) is 13.0. The van der Waals surface area contributed by atoms with Gasteiger partial charge in [0.05, 0.1) is 10.6 Å². The lowest BCUT2D eigenvalue weighted by atomic mass is 10.1. The number of nitrogens with one attached hydrogen (secondary N) is 1. The lowest BCUT2D eigenvalue weighted by molar-refractivity contribution is -0.116. The maximum absolute atomic E-state index is 11.9. The Kier molecular flexibility index (Phi) is 4.35. The first kappa shape index (κ1) is 15.6. The molecule has 23 heavy (non-hydrogen) atoms. The van der Waals surface area contributed by atoms with Gasteiger partial charge in [0.15, 0.2) is 5.58 Å². The van der Waals surface area contributed by atoms with Gasteiger partial charge in [0.2, 0.25) is 11.8 Å². The highest BCUT2D eigenvalue weighted by Crippen LogP contribution is 2.30. The number of fused-ring (bicyclic) bond motifs is 1. The molecule has 0 radical (unpaired) electrons. The molecule has 4 nitrogen and oxygen atoms in total. The van der Waals surface area contributed by atoms with Crippen LogP contribution in [0.15, 0.2) is 46.9 Å². The Balaban J connectivity index is 1.89. The van der Waals surface area contributed by atoms with Crippen LogP contribution in [-0.4, -0.2) is 10.9 Å². The van der Waals surface area contributed by atoms with Crippen LogP contribution in [0.4, 0.5) is 5.69 Å². The fourth-order valence-corrected chi connectivity index (χ4v) is 2.55. The van der Waals surface area contributed by atoms with Crippen LogP contribution in [0, 0.1) is 5.92 Å². The highest BCUT2D eigenvalue weighted by atomic mass is 35.5. The van der Waals surface area contributed by atoms with Gasteiger partial charge >= 0.3 is 0 Å². The molecule has 0 aliphatic rings. The van der Waals surface area contributed by atoms with E-state index in [2.05, 4.69) is 10.3 Å². The van der Waals surface area contributed by atoms with E-state index >= 15 is 0 Å². The molecule has 0 aliphatic carbocycles. The van der Waals surface area contributed by atoms with Crippen LogP contribution in [-0.2, 0) is 4.79 Å². The number of oxazole rings is 1. The monoisotopic (exact) mass is 328 g/mol. The molecule has 3 aromatic rings. The van der Waals surface area contributed by atoms with E-state index in [9.17, 15) is 4.79 Å². The number of aromatic nitrogens is 1. The van der Waals surface area contributed by atoms with Crippen molar-refractivity contribution in [1.82, 2.24) is 4.98 Å². The summed E-state index contributed by atoms with van der Waals surface area (Å²) in [6, 6.07) is 12.8. The molecule has 1 aromatic heterocycles. The molecular weight excluding hydrogens is 312 g/mol. The van der Waals surface area contributed by atoms with Gasteiger partial charge in [0, 0.05) is 18.2 Å². The second-order valence-electron chi connectivity index (χ2n) is 5.83. The summed E-state index contributed by atoms with van der Waals surface area (Å²) in [5.41, 5.74) is 2.78. The van der Waals surface area contributed by atoms with Gasteiger partial charge in [-0.15, -0.1) is 0 Å². The summed E-state index contributed by atoms with van der Waals surface area (Å²) >= 11 is 6.18. The van der Waals surface area contributed by atoms with Crippen molar-refractivity contribution in [2.24, 2.45) is 5.92 Å². The van der Waals surface area contributed by atoms with Gasteiger partial charge in [-0.25, -0.2) is 4.98 Å².